The summed E-state index contributed by atoms with van der Waals surface area (Å²) < 4.78 is 33.6. The van der Waals surface area contributed by atoms with Gasteiger partial charge in [-0.1, -0.05) is 15.9 Å². The Kier molecular flexibility index (Phi) is 5.71. The topological polar surface area (TPSA) is 49.9 Å². The minimum Gasteiger partial charge on any atom is -0.444 e. The molecule has 0 saturated carbocycles. The van der Waals surface area contributed by atoms with E-state index in [0.29, 0.717) is 0 Å². The summed E-state index contributed by atoms with van der Waals surface area (Å²) >= 11 is 2.99. The molecule has 5 nitrogen and oxygen atoms in total. The monoisotopic (exact) mass is 418 g/mol. The molecule has 25 heavy (non-hydrogen) atoms. The van der Waals surface area contributed by atoms with Gasteiger partial charge in [-0.25, -0.2) is 13.6 Å². The number of hydrogen-bond acceptors (Lipinski definition) is 3. The Bertz CT molecular complexity index is 668. The van der Waals surface area contributed by atoms with Gasteiger partial charge in [0, 0.05) is 30.1 Å². The normalized spacial score (nSPS) is 18.3. The van der Waals surface area contributed by atoms with Crippen molar-refractivity contribution in [2.75, 3.05) is 19.6 Å². The minimum atomic E-state index is -0.918. The summed E-state index contributed by atoms with van der Waals surface area (Å²) in [4.78, 5) is 27.6. The molecule has 1 heterocycles. The SMILES string of the molecule is C[C@H]1CN(C(=O)OC(C)(C)C)CCN1C(=O)c1c(F)cc(Br)cc1F. The van der Waals surface area contributed by atoms with Crippen molar-refractivity contribution >= 4 is 27.9 Å². The van der Waals surface area contributed by atoms with Crippen LogP contribution in [0.25, 0.3) is 0 Å². The fraction of sp³-hybridized carbons (Fsp3) is 0.529. The molecule has 1 aliphatic heterocycles. The van der Waals surface area contributed by atoms with Crippen LogP contribution in [0, 0.1) is 11.6 Å². The van der Waals surface area contributed by atoms with Crippen LogP contribution in [-0.2, 0) is 4.74 Å². The molecular weight excluding hydrogens is 398 g/mol. The van der Waals surface area contributed by atoms with E-state index in [9.17, 15) is 18.4 Å². The second-order valence-corrected chi connectivity index (χ2v) is 7.93. The minimum absolute atomic E-state index is 0.175. The number of benzene rings is 1. The van der Waals surface area contributed by atoms with Crippen molar-refractivity contribution < 1.29 is 23.1 Å². The molecule has 0 aliphatic carbocycles. The molecule has 8 heteroatoms. The van der Waals surface area contributed by atoms with E-state index >= 15 is 0 Å². The van der Waals surface area contributed by atoms with E-state index in [1.807, 2.05) is 0 Å². The van der Waals surface area contributed by atoms with Crippen LogP contribution in [0.4, 0.5) is 13.6 Å². The van der Waals surface area contributed by atoms with E-state index in [1.54, 1.807) is 27.7 Å². The van der Waals surface area contributed by atoms with E-state index in [-0.39, 0.29) is 24.1 Å². The summed E-state index contributed by atoms with van der Waals surface area (Å²) in [7, 11) is 0. The van der Waals surface area contributed by atoms with Crippen LogP contribution in [0.2, 0.25) is 0 Å². The standard InChI is InChI=1S/C17H21BrF2N2O3/c1-10-9-21(16(24)25-17(2,3)4)5-6-22(10)15(23)14-12(19)7-11(18)8-13(14)20/h7-8,10H,5-6,9H2,1-4H3/t10-/m0/s1. The molecule has 0 aromatic heterocycles. The zero-order chi connectivity index (χ0) is 18.9. The van der Waals surface area contributed by atoms with E-state index in [1.165, 1.54) is 9.80 Å². The van der Waals surface area contributed by atoms with Crippen LogP contribution in [0.1, 0.15) is 38.1 Å². The number of piperazine rings is 1. The number of rotatable bonds is 1. The lowest BCUT2D eigenvalue weighted by molar-refractivity contribution is 0.00596. The summed E-state index contributed by atoms with van der Waals surface area (Å²) in [6.45, 7) is 7.69. The summed E-state index contributed by atoms with van der Waals surface area (Å²) in [5.74, 6) is -2.56. The van der Waals surface area contributed by atoms with Gasteiger partial charge in [0.1, 0.15) is 22.8 Å². The lowest BCUT2D eigenvalue weighted by atomic mass is 10.1. The maximum absolute atomic E-state index is 14.0. The van der Waals surface area contributed by atoms with Crippen molar-refractivity contribution in [2.45, 2.75) is 39.3 Å². The van der Waals surface area contributed by atoms with Gasteiger partial charge in [0.25, 0.3) is 5.91 Å². The Morgan fingerprint density at radius 3 is 2.24 bits per heavy atom. The highest BCUT2D eigenvalue weighted by atomic mass is 79.9. The highest BCUT2D eigenvalue weighted by Crippen LogP contribution is 2.23. The van der Waals surface area contributed by atoms with Gasteiger partial charge in [-0.15, -0.1) is 0 Å². The van der Waals surface area contributed by atoms with Gasteiger partial charge in [0.05, 0.1) is 0 Å². The van der Waals surface area contributed by atoms with Crippen molar-refractivity contribution in [1.82, 2.24) is 9.80 Å². The fourth-order valence-corrected chi connectivity index (χ4v) is 3.04. The third-order valence-corrected chi connectivity index (χ3v) is 4.22. The molecule has 0 spiro atoms. The fourth-order valence-electron chi connectivity index (χ4n) is 2.64. The van der Waals surface area contributed by atoms with Gasteiger partial charge in [0.2, 0.25) is 0 Å². The van der Waals surface area contributed by atoms with Gasteiger partial charge >= 0.3 is 6.09 Å². The highest BCUT2D eigenvalue weighted by molar-refractivity contribution is 9.10. The Morgan fingerprint density at radius 1 is 1.20 bits per heavy atom. The lowest BCUT2D eigenvalue weighted by Crippen LogP contribution is -2.56. The summed E-state index contributed by atoms with van der Waals surface area (Å²) in [5.41, 5.74) is -1.20. The number of nitrogens with zero attached hydrogens (tertiary/aromatic N) is 2. The first-order valence-corrected chi connectivity index (χ1v) is 8.72. The zero-order valence-corrected chi connectivity index (χ0v) is 16.2. The van der Waals surface area contributed by atoms with Crippen molar-refractivity contribution in [3.63, 3.8) is 0 Å². The van der Waals surface area contributed by atoms with Crippen LogP contribution in [-0.4, -0.2) is 53.1 Å². The van der Waals surface area contributed by atoms with Crippen LogP contribution >= 0.6 is 15.9 Å². The average Bonchev–Trinajstić information content (AvgIpc) is 2.43. The Morgan fingerprint density at radius 2 is 1.76 bits per heavy atom. The first-order chi connectivity index (χ1) is 11.5. The number of halogens is 3. The highest BCUT2D eigenvalue weighted by Gasteiger charge is 2.34. The molecule has 1 saturated heterocycles. The summed E-state index contributed by atoms with van der Waals surface area (Å²) in [5, 5.41) is 0. The van der Waals surface area contributed by atoms with Gasteiger partial charge in [-0.2, -0.15) is 0 Å². The molecule has 0 bridgehead atoms. The van der Waals surface area contributed by atoms with Crippen LogP contribution in [0.3, 0.4) is 0 Å². The molecule has 0 unspecified atom stereocenters. The third kappa shape index (κ3) is 4.68. The molecule has 138 valence electrons. The number of carbonyl (C=O) groups is 2. The van der Waals surface area contributed by atoms with Gasteiger partial charge in [-0.3, -0.25) is 4.79 Å². The molecule has 1 aromatic carbocycles. The number of carbonyl (C=O) groups excluding carboxylic acids is 2. The van der Waals surface area contributed by atoms with Crippen LogP contribution in [0.15, 0.2) is 16.6 Å². The number of amides is 2. The predicted molar refractivity (Wildman–Crippen MR) is 92.4 cm³/mol. The Hall–Kier alpha value is -1.70. The summed E-state index contributed by atoms with van der Waals surface area (Å²) in [6.07, 6.45) is -0.465. The summed E-state index contributed by atoms with van der Waals surface area (Å²) in [6, 6.07) is 1.71. The van der Waals surface area contributed by atoms with Crippen molar-refractivity contribution in [3.8, 4) is 0 Å². The van der Waals surface area contributed by atoms with E-state index < -0.39 is 40.8 Å². The number of hydrogen-bond donors (Lipinski definition) is 0. The van der Waals surface area contributed by atoms with Crippen molar-refractivity contribution in [1.29, 1.82) is 0 Å². The second kappa shape index (κ2) is 7.27. The molecule has 0 radical (unpaired) electrons. The molecule has 0 N–H and O–H groups in total. The number of ether oxygens (including phenoxy) is 1. The van der Waals surface area contributed by atoms with Crippen molar-refractivity contribution in [3.05, 3.63) is 33.8 Å². The maximum Gasteiger partial charge on any atom is 0.410 e. The first-order valence-electron chi connectivity index (χ1n) is 7.93. The van der Waals surface area contributed by atoms with Gasteiger partial charge in [-0.05, 0) is 39.8 Å². The van der Waals surface area contributed by atoms with E-state index in [0.717, 1.165) is 12.1 Å². The molecule has 2 amide bonds. The average molecular weight is 419 g/mol. The molecule has 1 fully saturated rings. The van der Waals surface area contributed by atoms with E-state index in [2.05, 4.69) is 15.9 Å². The van der Waals surface area contributed by atoms with Gasteiger partial charge < -0.3 is 14.5 Å². The van der Waals surface area contributed by atoms with E-state index in [4.69, 9.17) is 4.74 Å². The Labute approximate surface area is 154 Å². The smallest absolute Gasteiger partial charge is 0.410 e. The molecule has 1 aromatic rings. The first kappa shape index (κ1) is 19.6. The third-order valence-electron chi connectivity index (χ3n) is 3.76. The van der Waals surface area contributed by atoms with Crippen LogP contribution in [0.5, 0.6) is 0 Å². The zero-order valence-electron chi connectivity index (χ0n) is 14.6. The molecular formula is C17H21BrF2N2O3. The quantitative estimate of drug-likeness (QED) is 0.696. The molecule has 1 atom stereocenters. The van der Waals surface area contributed by atoms with Crippen LogP contribution < -0.4 is 0 Å². The predicted octanol–water partition coefficient (Wildman–Crippen LogP) is 3.81. The molecule has 1 aliphatic rings. The second-order valence-electron chi connectivity index (χ2n) is 7.02. The Balaban J connectivity index is 2.11. The molecule has 2 rings (SSSR count). The van der Waals surface area contributed by atoms with Gasteiger partial charge in [0.15, 0.2) is 0 Å². The van der Waals surface area contributed by atoms with Crippen molar-refractivity contribution in [2.24, 2.45) is 0 Å². The lowest BCUT2D eigenvalue weighted by Gasteiger charge is -2.40. The maximum atomic E-state index is 14.0. The largest absolute Gasteiger partial charge is 0.444 e.